The Balaban J connectivity index is 1.78. The zero-order valence-electron chi connectivity index (χ0n) is 13.1. The van der Waals surface area contributed by atoms with Crippen LogP contribution < -0.4 is 4.74 Å². The minimum Gasteiger partial charge on any atom is -0.494 e. The smallest absolute Gasteiger partial charge is 0.165 e. The standard InChI is InChI=1S/C20H15FN2O/c1-24-20-12-19-16(11-18(20)21)13-22-23(19)17-9-7-15(8-10-17)14-5-3-2-4-6-14/h2-13H,1H3. The van der Waals surface area contributed by atoms with E-state index in [1.54, 1.807) is 16.9 Å². The van der Waals surface area contributed by atoms with E-state index in [1.165, 1.54) is 13.2 Å². The molecule has 0 unspecified atom stereocenters. The summed E-state index contributed by atoms with van der Waals surface area (Å²) in [6, 6.07) is 21.4. The van der Waals surface area contributed by atoms with E-state index in [2.05, 4.69) is 29.4 Å². The molecule has 118 valence electrons. The van der Waals surface area contributed by atoms with Crippen LogP contribution in [0.3, 0.4) is 0 Å². The minimum atomic E-state index is -0.385. The first-order chi connectivity index (χ1) is 11.8. The van der Waals surface area contributed by atoms with Crippen molar-refractivity contribution in [2.24, 2.45) is 0 Å². The summed E-state index contributed by atoms with van der Waals surface area (Å²) in [5.41, 5.74) is 4.02. The topological polar surface area (TPSA) is 27.1 Å². The fourth-order valence-electron chi connectivity index (χ4n) is 2.81. The quantitative estimate of drug-likeness (QED) is 0.540. The number of halogens is 1. The third-order valence-corrected chi connectivity index (χ3v) is 4.06. The zero-order valence-corrected chi connectivity index (χ0v) is 13.1. The lowest BCUT2D eigenvalue weighted by Crippen LogP contribution is -1.96. The van der Waals surface area contributed by atoms with Crippen molar-refractivity contribution in [3.8, 4) is 22.6 Å². The average Bonchev–Trinajstić information content (AvgIpc) is 3.04. The van der Waals surface area contributed by atoms with Crippen LogP contribution in [0.5, 0.6) is 5.75 Å². The molecule has 1 aromatic heterocycles. The lowest BCUT2D eigenvalue weighted by atomic mass is 10.1. The first-order valence-corrected chi connectivity index (χ1v) is 7.63. The van der Waals surface area contributed by atoms with E-state index >= 15 is 0 Å². The second-order valence-electron chi connectivity index (χ2n) is 5.51. The summed E-state index contributed by atoms with van der Waals surface area (Å²) in [4.78, 5) is 0. The van der Waals surface area contributed by atoms with Gasteiger partial charge < -0.3 is 4.74 Å². The predicted molar refractivity (Wildman–Crippen MR) is 93.0 cm³/mol. The molecule has 0 aliphatic rings. The fraction of sp³-hybridized carbons (Fsp3) is 0.0500. The highest BCUT2D eigenvalue weighted by molar-refractivity contribution is 5.82. The molecule has 3 aromatic carbocycles. The molecule has 4 rings (SSSR count). The first-order valence-electron chi connectivity index (χ1n) is 7.63. The van der Waals surface area contributed by atoms with Crippen LogP contribution in [0.2, 0.25) is 0 Å². The van der Waals surface area contributed by atoms with E-state index in [-0.39, 0.29) is 11.6 Å². The van der Waals surface area contributed by atoms with E-state index in [1.807, 2.05) is 30.3 Å². The van der Waals surface area contributed by atoms with Gasteiger partial charge in [0.15, 0.2) is 11.6 Å². The van der Waals surface area contributed by atoms with Crippen LogP contribution in [0.4, 0.5) is 4.39 Å². The van der Waals surface area contributed by atoms with Gasteiger partial charge in [0, 0.05) is 11.5 Å². The van der Waals surface area contributed by atoms with Crippen LogP contribution in [0.15, 0.2) is 72.9 Å². The van der Waals surface area contributed by atoms with Gasteiger partial charge in [-0.3, -0.25) is 0 Å². The highest BCUT2D eigenvalue weighted by Gasteiger charge is 2.11. The Labute approximate surface area is 138 Å². The molecule has 0 aliphatic carbocycles. The Hall–Kier alpha value is -3.14. The molecular formula is C20H15FN2O. The molecule has 0 radical (unpaired) electrons. The van der Waals surface area contributed by atoms with Crippen LogP contribution in [-0.2, 0) is 0 Å². The van der Waals surface area contributed by atoms with Crippen LogP contribution >= 0.6 is 0 Å². The van der Waals surface area contributed by atoms with Gasteiger partial charge in [0.1, 0.15) is 0 Å². The number of aromatic nitrogens is 2. The maximum Gasteiger partial charge on any atom is 0.165 e. The van der Waals surface area contributed by atoms with E-state index in [0.717, 1.165) is 27.7 Å². The van der Waals surface area contributed by atoms with Crippen molar-refractivity contribution < 1.29 is 9.13 Å². The van der Waals surface area contributed by atoms with Gasteiger partial charge in [-0.2, -0.15) is 5.10 Å². The van der Waals surface area contributed by atoms with Crippen molar-refractivity contribution in [1.29, 1.82) is 0 Å². The highest BCUT2D eigenvalue weighted by Crippen LogP contribution is 2.27. The van der Waals surface area contributed by atoms with E-state index in [4.69, 9.17) is 4.74 Å². The number of fused-ring (bicyclic) bond motifs is 1. The molecule has 0 atom stereocenters. The van der Waals surface area contributed by atoms with Crippen LogP contribution in [-0.4, -0.2) is 16.9 Å². The molecule has 0 fully saturated rings. The molecule has 0 N–H and O–H groups in total. The Kier molecular flexibility index (Phi) is 3.50. The van der Waals surface area contributed by atoms with Crippen LogP contribution in [0, 0.1) is 5.82 Å². The summed E-state index contributed by atoms with van der Waals surface area (Å²) in [6.07, 6.45) is 1.66. The maximum atomic E-state index is 13.8. The van der Waals surface area contributed by atoms with Gasteiger partial charge in [0.05, 0.1) is 24.5 Å². The molecular weight excluding hydrogens is 303 g/mol. The Morgan fingerprint density at radius 1 is 0.917 bits per heavy atom. The molecule has 4 heteroatoms. The summed E-state index contributed by atoms with van der Waals surface area (Å²) in [7, 11) is 1.46. The van der Waals surface area contributed by atoms with Gasteiger partial charge in [0.2, 0.25) is 0 Å². The largest absolute Gasteiger partial charge is 0.494 e. The van der Waals surface area contributed by atoms with Crippen molar-refractivity contribution in [3.63, 3.8) is 0 Å². The first kappa shape index (κ1) is 14.5. The molecule has 24 heavy (non-hydrogen) atoms. The van der Waals surface area contributed by atoms with E-state index in [9.17, 15) is 4.39 Å². The van der Waals surface area contributed by atoms with Gasteiger partial charge >= 0.3 is 0 Å². The Morgan fingerprint density at radius 2 is 1.62 bits per heavy atom. The lowest BCUT2D eigenvalue weighted by molar-refractivity contribution is 0.387. The number of ether oxygens (including phenoxy) is 1. The summed E-state index contributed by atoms with van der Waals surface area (Å²) < 4.78 is 20.7. The minimum absolute atomic E-state index is 0.213. The number of hydrogen-bond donors (Lipinski definition) is 0. The SMILES string of the molecule is COc1cc2c(cnn2-c2ccc(-c3ccccc3)cc2)cc1F. The Morgan fingerprint density at radius 3 is 2.33 bits per heavy atom. The van der Waals surface area contributed by atoms with Gasteiger partial charge in [-0.25, -0.2) is 9.07 Å². The highest BCUT2D eigenvalue weighted by atomic mass is 19.1. The lowest BCUT2D eigenvalue weighted by Gasteiger charge is -2.07. The average molecular weight is 318 g/mol. The Bertz CT molecular complexity index is 992. The van der Waals surface area contributed by atoms with Crippen LogP contribution in [0.25, 0.3) is 27.7 Å². The molecule has 0 saturated carbocycles. The van der Waals surface area contributed by atoms with Crippen molar-refractivity contribution in [3.05, 3.63) is 78.7 Å². The molecule has 1 heterocycles. The maximum absolute atomic E-state index is 13.8. The number of benzene rings is 3. The number of methoxy groups -OCH3 is 1. The summed E-state index contributed by atoms with van der Waals surface area (Å²) in [5, 5.41) is 5.12. The van der Waals surface area contributed by atoms with E-state index in [0.29, 0.717) is 0 Å². The molecule has 0 aliphatic heterocycles. The number of hydrogen-bond acceptors (Lipinski definition) is 2. The second kappa shape index (κ2) is 5.81. The van der Waals surface area contributed by atoms with Gasteiger partial charge in [0.25, 0.3) is 0 Å². The predicted octanol–water partition coefficient (Wildman–Crippen LogP) is 4.84. The monoisotopic (exact) mass is 318 g/mol. The van der Waals surface area contributed by atoms with E-state index < -0.39 is 0 Å². The molecule has 0 bridgehead atoms. The van der Waals surface area contributed by atoms with Crippen molar-refractivity contribution in [1.82, 2.24) is 9.78 Å². The third-order valence-electron chi connectivity index (χ3n) is 4.06. The number of nitrogens with zero attached hydrogens (tertiary/aromatic N) is 2. The van der Waals surface area contributed by atoms with Gasteiger partial charge in [-0.05, 0) is 29.3 Å². The zero-order chi connectivity index (χ0) is 16.5. The molecule has 0 spiro atoms. The fourth-order valence-corrected chi connectivity index (χ4v) is 2.81. The van der Waals surface area contributed by atoms with Crippen molar-refractivity contribution in [2.45, 2.75) is 0 Å². The summed E-state index contributed by atoms with van der Waals surface area (Å²) in [5.74, 6) is -0.172. The second-order valence-corrected chi connectivity index (χ2v) is 5.51. The summed E-state index contributed by atoms with van der Waals surface area (Å²) >= 11 is 0. The third kappa shape index (κ3) is 2.42. The van der Waals surface area contributed by atoms with Crippen molar-refractivity contribution >= 4 is 10.9 Å². The van der Waals surface area contributed by atoms with Crippen LogP contribution in [0.1, 0.15) is 0 Å². The summed E-state index contributed by atoms with van der Waals surface area (Å²) in [6.45, 7) is 0. The van der Waals surface area contributed by atoms with Crippen molar-refractivity contribution in [2.75, 3.05) is 7.11 Å². The normalized spacial score (nSPS) is 10.9. The van der Waals surface area contributed by atoms with Gasteiger partial charge in [-0.1, -0.05) is 42.5 Å². The van der Waals surface area contributed by atoms with Gasteiger partial charge in [-0.15, -0.1) is 0 Å². The molecule has 0 amide bonds. The molecule has 3 nitrogen and oxygen atoms in total. The number of rotatable bonds is 3. The molecule has 0 saturated heterocycles. The molecule has 4 aromatic rings.